The van der Waals surface area contributed by atoms with Crippen LogP contribution < -0.4 is 4.74 Å². The highest BCUT2D eigenvalue weighted by Gasteiger charge is 2.44. The van der Waals surface area contributed by atoms with Crippen molar-refractivity contribution in [3.05, 3.63) is 113 Å². The average Bonchev–Trinajstić information content (AvgIpc) is 2.91. The standard InChI is InChI=1S/C31H28FNO4/c1-20-28(31(35)37-17-16-36-25-10-6-3-7-11-25)29(22-12-14-24(32)15-13-22)30-26(33-20)18-23(19-27(30)34)21-8-4-2-5-9-21/h2-15,23,28-29H,16-19H2,1H3/t23-,28?,29-/m0/s1. The number of benzene rings is 3. The van der Waals surface area contributed by atoms with E-state index >= 15 is 0 Å². The van der Waals surface area contributed by atoms with E-state index in [1.165, 1.54) is 12.1 Å². The molecule has 5 nitrogen and oxygen atoms in total. The summed E-state index contributed by atoms with van der Waals surface area (Å²) in [4.78, 5) is 31.7. The second-order valence-electron chi connectivity index (χ2n) is 9.39. The smallest absolute Gasteiger partial charge is 0.315 e. The summed E-state index contributed by atoms with van der Waals surface area (Å²) in [7, 11) is 0. The number of esters is 1. The number of carbonyl (C=O) groups is 2. The van der Waals surface area contributed by atoms with Crippen LogP contribution in [0.1, 0.15) is 42.7 Å². The number of nitrogens with zero attached hydrogens (tertiary/aromatic N) is 1. The molecule has 1 unspecified atom stereocenters. The molecular formula is C31H28FNO4. The van der Waals surface area contributed by atoms with Gasteiger partial charge in [-0.3, -0.25) is 14.6 Å². The van der Waals surface area contributed by atoms with Gasteiger partial charge in [0.1, 0.15) is 30.7 Å². The van der Waals surface area contributed by atoms with Crippen LogP contribution in [0.3, 0.4) is 0 Å². The van der Waals surface area contributed by atoms with Crippen LogP contribution in [0.4, 0.5) is 4.39 Å². The van der Waals surface area contributed by atoms with Gasteiger partial charge in [-0.1, -0.05) is 60.7 Å². The number of hydrogen-bond donors (Lipinski definition) is 0. The molecule has 5 rings (SSSR count). The number of hydrogen-bond acceptors (Lipinski definition) is 5. The maximum absolute atomic E-state index is 13.8. The molecule has 0 spiro atoms. The highest BCUT2D eigenvalue weighted by molar-refractivity contribution is 6.09. The van der Waals surface area contributed by atoms with Gasteiger partial charge < -0.3 is 9.47 Å². The number of para-hydroxylation sites is 1. The molecule has 0 saturated carbocycles. The molecule has 0 N–H and O–H groups in total. The number of allylic oxidation sites excluding steroid dienone is 2. The van der Waals surface area contributed by atoms with E-state index in [1.54, 1.807) is 19.1 Å². The van der Waals surface area contributed by atoms with E-state index in [9.17, 15) is 14.0 Å². The second kappa shape index (κ2) is 10.9. The highest BCUT2D eigenvalue weighted by Crippen LogP contribution is 2.46. The van der Waals surface area contributed by atoms with Gasteiger partial charge in [0, 0.05) is 29.3 Å². The lowest BCUT2D eigenvalue weighted by atomic mass is 9.69. The highest BCUT2D eigenvalue weighted by atomic mass is 19.1. The van der Waals surface area contributed by atoms with E-state index in [4.69, 9.17) is 14.5 Å². The van der Waals surface area contributed by atoms with Gasteiger partial charge in [0.25, 0.3) is 0 Å². The van der Waals surface area contributed by atoms with Crippen LogP contribution in [0, 0.1) is 11.7 Å². The number of ether oxygens (including phenoxy) is 2. The molecule has 0 radical (unpaired) electrons. The first-order valence-electron chi connectivity index (χ1n) is 12.5. The van der Waals surface area contributed by atoms with Crippen molar-refractivity contribution < 1.29 is 23.5 Å². The summed E-state index contributed by atoms with van der Waals surface area (Å²) in [6.07, 6.45) is 0.939. The molecule has 3 aromatic rings. The van der Waals surface area contributed by atoms with E-state index in [-0.39, 0.29) is 30.7 Å². The molecule has 188 valence electrons. The van der Waals surface area contributed by atoms with Crippen molar-refractivity contribution in [1.82, 2.24) is 0 Å². The predicted octanol–water partition coefficient (Wildman–Crippen LogP) is 6.02. The monoisotopic (exact) mass is 497 g/mol. The van der Waals surface area contributed by atoms with E-state index in [2.05, 4.69) is 0 Å². The van der Waals surface area contributed by atoms with Gasteiger partial charge in [-0.2, -0.15) is 0 Å². The Labute approximate surface area is 215 Å². The molecule has 6 heteroatoms. The first-order valence-corrected chi connectivity index (χ1v) is 12.5. The van der Waals surface area contributed by atoms with E-state index in [1.807, 2.05) is 60.7 Å². The zero-order valence-corrected chi connectivity index (χ0v) is 20.6. The minimum atomic E-state index is -0.779. The van der Waals surface area contributed by atoms with E-state index in [0.29, 0.717) is 41.1 Å². The minimum Gasteiger partial charge on any atom is -0.490 e. The third-order valence-corrected chi connectivity index (χ3v) is 6.98. The Bertz CT molecular complexity index is 1330. The van der Waals surface area contributed by atoms with Crippen LogP contribution in [0.15, 0.2) is 101 Å². The van der Waals surface area contributed by atoms with Crippen molar-refractivity contribution in [1.29, 1.82) is 0 Å². The summed E-state index contributed by atoms with van der Waals surface area (Å²) < 4.78 is 25.0. The van der Waals surface area contributed by atoms with Crippen LogP contribution >= 0.6 is 0 Å². The summed E-state index contributed by atoms with van der Waals surface area (Å²) >= 11 is 0. The second-order valence-corrected chi connectivity index (χ2v) is 9.39. The summed E-state index contributed by atoms with van der Waals surface area (Å²) in [5.41, 5.74) is 3.61. The summed E-state index contributed by atoms with van der Waals surface area (Å²) in [6.45, 7) is 2.05. The van der Waals surface area contributed by atoms with Gasteiger partial charge in [0.2, 0.25) is 0 Å². The van der Waals surface area contributed by atoms with Gasteiger partial charge in [-0.15, -0.1) is 0 Å². The van der Waals surface area contributed by atoms with E-state index in [0.717, 1.165) is 5.56 Å². The number of rotatable bonds is 7. The molecule has 3 atom stereocenters. The van der Waals surface area contributed by atoms with Crippen molar-refractivity contribution in [2.75, 3.05) is 13.2 Å². The van der Waals surface area contributed by atoms with E-state index < -0.39 is 17.8 Å². The molecule has 0 fully saturated rings. The molecule has 1 heterocycles. The lowest BCUT2D eigenvalue weighted by molar-refractivity contribution is -0.147. The lowest BCUT2D eigenvalue weighted by Gasteiger charge is -2.36. The number of aliphatic imine (C=N–C) groups is 1. The largest absolute Gasteiger partial charge is 0.490 e. The van der Waals surface area contributed by atoms with Crippen LogP contribution in [0.5, 0.6) is 5.75 Å². The molecular weight excluding hydrogens is 469 g/mol. The quantitative estimate of drug-likeness (QED) is 0.296. The van der Waals surface area contributed by atoms with Crippen molar-refractivity contribution in [2.24, 2.45) is 10.9 Å². The minimum absolute atomic E-state index is 0.0245. The maximum Gasteiger partial charge on any atom is 0.315 e. The number of carbonyl (C=O) groups excluding carboxylic acids is 2. The Morgan fingerprint density at radius 2 is 1.57 bits per heavy atom. The Morgan fingerprint density at radius 1 is 0.892 bits per heavy atom. The third-order valence-electron chi connectivity index (χ3n) is 6.98. The SMILES string of the molecule is CC1=NC2=C(C(=O)C[C@@H](c3ccccc3)C2)[C@@H](c2ccc(F)cc2)C1C(=O)OCCOc1ccccc1. The number of ketones is 1. The molecule has 37 heavy (non-hydrogen) atoms. The van der Waals surface area contributed by atoms with Crippen molar-refractivity contribution in [2.45, 2.75) is 31.6 Å². The van der Waals surface area contributed by atoms with Crippen molar-refractivity contribution in [3.8, 4) is 5.75 Å². The summed E-state index contributed by atoms with van der Waals surface area (Å²) in [5.74, 6) is -1.54. The summed E-state index contributed by atoms with van der Waals surface area (Å²) in [6, 6.07) is 25.2. The fourth-order valence-electron chi connectivity index (χ4n) is 5.26. The molecule has 0 saturated heterocycles. The topological polar surface area (TPSA) is 65.0 Å². The Balaban J connectivity index is 1.41. The molecule has 0 aromatic heterocycles. The number of halogens is 1. The molecule has 1 aliphatic heterocycles. The summed E-state index contributed by atoms with van der Waals surface area (Å²) in [5, 5.41) is 0. The Morgan fingerprint density at radius 3 is 2.27 bits per heavy atom. The van der Waals surface area contributed by atoms with Crippen LogP contribution in [-0.4, -0.2) is 30.7 Å². The lowest BCUT2D eigenvalue weighted by Crippen LogP contribution is -2.38. The molecule has 2 aliphatic rings. The van der Waals surface area contributed by atoms with Gasteiger partial charge in [0.15, 0.2) is 5.78 Å². The Kier molecular flexibility index (Phi) is 7.26. The zero-order valence-electron chi connectivity index (χ0n) is 20.6. The maximum atomic E-state index is 13.8. The molecule has 1 aliphatic carbocycles. The molecule has 0 amide bonds. The average molecular weight is 498 g/mol. The third kappa shape index (κ3) is 5.38. The van der Waals surface area contributed by atoms with Crippen LogP contribution in [-0.2, 0) is 14.3 Å². The number of Topliss-reactive ketones (excluding diaryl/α,β-unsaturated/α-hetero) is 1. The normalized spacial score (nSPS) is 21.2. The first-order chi connectivity index (χ1) is 18.0. The van der Waals surface area contributed by atoms with Crippen molar-refractivity contribution >= 4 is 17.5 Å². The fraction of sp³-hybridized carbons (Fsp3) is 0.258. The zero-order chi connectivity index (χ0) is 25.8. The van der Waals surface area contributed by atoms with Crippen LogP contribution in [0.2, 0.25) is 0 Å². The van der Waals surface area contributed by atoms with Gasteiger partial charge in [-0.05, 0) is 54.7 Å². The predicted molar refractivity (Wildman–Crippen MR) is 139 cm³/mol. The van der Waals surface area contributed by atoms with Gasteiger partial charge >= 0.3 is 5.97 Å². The first kappa shape index (κ1) is 24.6. The molecule has 0 bridgehead atoms. The van der Waals surface area contributed by atoms with Gasteiger partial charge in [0.05, 0.1) is 0 Å². The van der Waals surface area contributed by atoms with Crippen LogP contribution in [0.25, 0.3) is 0 Å². The molecule has 3 aromatic carbocycles. The Hall–Kier alpha value is -4.06. The van der Waals surface area contributed by atoms with Crippen molar-refractivity contribution in [3.63, 3.8) is 0 Å². The fourth-order valence-corrected chi connectivity index (χ4v) is 5.26. The van der Waals surface area contributed by atoms with Gasteiger partial charge in [-0.25, -0.2) is 4.39 Å².